The Morgan fingerprint density at radius 3 is 2.27 bits per heavy atom. The summed E-state index contributed by atoms with van der Waals surface area (Å²) >= 11 is 0. The molecule has 4 aromatic heterocycles. The Labute approximate surface area is 238 Å². The quantitative estimate of drug-likeness (QED) is 0.182. The number of allylic oxidation sites excluding steroid dienone is 7. The third kappa shape index (κ3) is 4.83. The van der Waals surface area contributed by atoms with Crippen LogP contribution in [0.5, 0.6) is 0 Å². The minimum absolute atomic E-state index is 0. The first-order valence-corrected chi connectivity index (χ1v) is 13.9. The molecule has 0 amide bonds. The first-order valence-electron chi connectivity index (χ1n) is 13.9. The molecule has 4 nitrogen and oxygen atoms in total. The summed E-state index contributed by atoms with van der Waals surface area (Å²) < 4.78 is 12.9. The molecule has 40 heavy (non-hydrogen) atoms. The number of hydrogen-bond donors (Lipinski definition) is 0. The maximum absolute atomic E-state index is 6.24. The van der Waals surface area contributed by atoms with E-state index in [-0.39, 0.29) is 13.3 Å². The van der Waals surface area contributed by atoms with Crippen molar-refractivity contribution in [3.8, 4) is 11.1 Å². The van der Waals surface area contributed by atoms with Crippen molar-refractivity contribution in [2.24, 2.45) is 13.0 Å². The molecule has 2 aliphatic carbocycles. The summed E-state index contributed by atoms with van der Waals surface area (Å²) in [7, 11) is 2.04. The predicted molar refractivity (Wildman–Crippen MR) is 163 cm³/mol. The third-order valence-corrected chi connectivity index (χ3v) is 8.49. The van der Waals surface area contributed by atoms with E-state index in [0.29, 0.717) is 6.61 Å². The molecule has 6 rings (SSSR count). The molecular weight excluding hydrogens is 490 g/mol. The first-order chi connectivity index (χ1) is 18.9. The average molecular weight is 532 g/mol. The zero-order chi connectivity index (χ0) is 27.1. The molecule has 2 aliphatic rings. The van der Waals surface area contributed by atoms with Crippen LogP contribution in [0.3, 0.4) is 0 Å². The monoisotopic (exact) mass is 531 g/mol. The van der Waals surface area contributed by atoms with Gasteiger partial charge in [-0.05, 0) is 96.5 Å². The normalized spacial score (nSPS) is 16.3. The summed E-state index contributed by atoms with van der Waals surface area (Å²) in [6.45, 7) is 10.6. The minimum atomic E-state index is 0. The SMILES string of the molecule is C.CC1=C2C=C(OCCC[n+]3ccc(-c4cc[n+](C)cc4)cc3)C=CC2C(c2c(C)c(C)c3ccccn23)=C1C. The Bertz CT molecular complexity index is 1680. The van der Waals surface area contributed by atoms with E-state index in [2.05, 4.69) is 133 Å². The van der Waals surface area contributed by atoms with E-state index in [0.717, 1.165) is 18.7 Å². The van der Waals surface area contributed by atoms with Crippen molar-refractivity contribution < 1.29 is 13.9 Å². The van der Waals surface area contributed by atoms with Gasteiger partial charge in [-0.1, -0.05) is 19.6 Å². The van der Waals surface area contributed by atoms with Crippen molar-refractivity contribution in [2.75, 3.05) is 6.61 Å². The molecule has 0 aliphatic heterocycles. The van der Waals surface area contributed by atoms with Crippen LogP contribution in [-0.2, 0) is 18.3 Å². The second-order valence-electron chi connectivity index (χ2n) is 10.8. The molecular formula is C36H41N3O+2. The highest BCUT2D eigenvalue weighted by Gasteiger charge is 2.33. The number of pyridine rings is 3. The Hall–Kier alpha value is -4.18. The van der Waals surface area contributed by atoms with Gasteiger partial charge >= 0.3 is 0 Å². The van der Waals surface area contributed by atoms with E-state index in [4.69, 9.17) is 4.74 Å². The summed E-state index contributed by atoms with van der Waals surface area (Å²) in [6, 6.07) is 15.1. The molecule has 204 valence electrons. The van der Waals surface area contributed by atoms with Crippen molar-refractivity contribution in [3.05, 3.63) is 131 Å². The molecule has 1 unspecified atom stereocenters. The Kier molecular flexibility index (Phi) is 7.62. The van der Waals surface area contributed by atoms with Crippen molar-refractivity contribution in [2.45, 2.75) is 48.1 Å². The number of rotatable bonds is 7. The minimum Gasteiger partial charge on any atom is -0.493 e. The molecule has 0 radical (unpaired) electrons. The summed E-state index contributed by atoms with van der Waals surface area (Å²) in [4.78, 5) is 0. The highest BCUT2D eigenvalue weighted by atomic mass is 16.5. The maximum Gasteiger partial charge on any atom is 0.169 e. The van der Waals surface area contributed by atoms with Crippen LogP contribution in [0.4, 0.5) is 0 Å². The Morgan fingerprint density at radius 2 is 1.55 bits per heavy atom. The summed E-state index contributed by atoms with van der Waals surface area (Å²) in [6.07, 6.45) is 18.4. The van der Waals surface area contributed by atoms with Gasteiger partial charge in [0.2, 0.25) is 0 Å². The van der Waals surface area contributed by atoms with Gasteiger partial charge in [-0.15, -0.1) is 0 Å². The molecule has 0 saturated carbocycles. The summed E-state index contributed by atoms with van der Waals surface area (Å²) in [5, 5.41) is 0. The van der Waals surface area contributed by atoms with Crippen molar-refractivity contribution >= 4 is 11.1 Å². The number of hydrogen-bond acceptors (Lipinski definition) is 1. The number of nitrogens with zero attached hydrogens (tertiary/aromatic N) is 3. The predicted octanol–water partition coefficient (Wildman–Crippen LogP) is 7.25. The molecule has 4 heterocycles. The van der Waals surface area contributed by atoms with Gasteiger partial charge in [-0.25, -0.2) is 9.13 Å². The molecule has 0 spiro atoms. The van der Waals surface area contributed by atoms with Crippen LogP contribution in [0.25, 0.3) is 22.2 Å². The highest BCUT2D eigenvalue weighted by Crippen LogP contribution is 2.47. The first kappa shape index (κ1) is 27.4. The fourth-order valence-electron chi connectivity index (χ4n) is 6.00. The van der Waals surface area contributed by atoms with E-state index < -0.39 is 0 Å². The molecule has 0 aromatic carbocycles. The van der Waals surface area contributed by atoms with Gasteiger partial charge in [-0.3, -0.25) is 0 Å². The standard InChI is InChI=1S/C35H37N3O.CH4/c1-24-26(3)34(35-27(4)25(2)33-9-6-7-17-38(33)35)31-11-10-30(23-32(24)31)39-22-8-16-37-20-14-29(15-21-37)28-12-18-36(5)19-13-28;/h6-7,9-15,17-21,23,31H,8,16,22H2,1-5H3;1H4/q+2;. The molecule has 0 N–H and O–H groups in total. The van der Waals surface area contributed by atoms with E-state index in [9.17, 15) is 0 Å². The lowest BCUT2D eigenvalue weighted by molar-refractivity contribution is -0.697. The van der Waals surface area contributed by atoms with Gasteiger partial charge in [-0.2, -0.15) is 0 Å². The van der Waals surface area contributed by atoms with E-state index in [1.54, 1.807) is 0 Å². The van der Waals surface area contributed by atoms with Gasteiger partial charge in [0.15, 0.2) is 31.3 Å². The zero-order valence-electron chi connectivity index (χ0n) is 23.6. The largest absolute Gasteiger partial charge is 0.493 e. The third-order valence-electron chi connectivity index (χ3n) is 8.49. The molecule has 4 aromatic rings. The molecule has 0 fully saturated rings. The van der Waals surface area contributed by atoms with Crippen molar-refractivity contribution in [3.63, 3.8) is 0 Å². The second kappa shape index (κ2) is 11.1. The Balaban J connectivity index is 0.00000323. The van der Waals surface area contributed by atoms with Crippen LogP contribution < -0.4 is 9.13 Å². The summed E-state index contributed by atoms with van der Waals surface area (Å²) in [5.74, 6) is 1.23. The molecule has 0 bridgehead atoms. The van der Waals surface area contributed by atoms with Crippen LogP contribution in [0, 0.1) is 19.8 Å². The lowest BCUT2D eigenvalue weighted by Crippen LogP contribution is -2.33. The van der Waals surface area contributed by atoms with Gasteiger partial charge in [0.25, 0.3) is 0 Å². The van der Waals surface area contributed by atoms with Crippen molar-refractivity contribution in [1.82, 2.24) is 4.40 Å². The smallest absolute Gasteiger partial charge is 0.169 e. The maximum atomic E-state index is 6.24. The van der Waals surface area contributed by atoms with Crippen LogP contribution in [0.15, 0.2) is 114 Å². The van der Waals surface area contributed by atoms with E-state index >= 15 is 0 Å². The fraction of sp³-hybridized carbons (Fsp3) is 0.278. The van der Waals surface area contributed by atoms with E-state index in [1.165, 1.54) is 55.8 Å². The molecule has 1 atom stereocenters. The van der Waals surface area contributed by atoms with Gasteiger partial charge in [0.1, 0.15) is 12.8 Å². The second-order valence-corrected chi connectivity index (χ2v) is 10.8. The van der Waals surface area contributed by atoms with Crippen LogP contribution in [0.1, 0.15) is 44.5 Å². The van der Waals surface area contributed by atoms with Crippen molar-refractivity contribution in [1.29, 1.82) is 0 Å². The number of aryl methyl sites for hydroxylation is 3. The highest BCUT2D eigenvalue weighted by molar-refractivity contribution is 5.86. The number of fused-ring (bicyclic) bond motifs is 2. The van der Waals surface area contributed by atoms with Gasteiger partial charge in [0.05, 0.1) is 12.3 Å². The fourth-order valence-corrected chi connectivity index (χ4v) is 6.00. The zero-order valence-corrected chi connectivity index (χ0v) is 23.6. The lowest BCUT2D eigenvalue weighted by atomic mass is 9.87. The van der Waals surface area contributed by atoms with Crippen LogP contribution in [-0.4, -0.2) is 11.0 Å². The average Bonchev–Trinajstić information content (AvgIpc) is 3.35. The molecule has 0 saturated heterocycles. The van der Waals surface area contributed by atoms with E-state index in [1.807, 2.05) is 7.05 Å². The van der Waals surface area contributed by atoms with Gasteiger partial charge < -0.3 is 9.14 Å². The Morgan fingerprint density at radius 1 is 0.850 bits per heavy atom. The van der Waals surface area contributed by atoms with Gasteiger partial charge in [0, 0.05) is 48.3 Å². The number of ether oxygens (including phenoxy) is 1. The van der Waals surface area contributed by atoms with Crippen LogP contribution >= 0.6 is 0 Å². The topological polar surface area (TPSA) is 21.4 Å². The summed E-state index contributed by atoms with van der Waals surface area (Å²) in [5.41, 5.74) is 13.4. The molecule has 4 heteroatoms. The lowest BCUT2D eigenvalue weighted by Gasteiger charge is -2.20. The van der Waals surface area contributed by atoms with Crippen LogP contribution in [0.2, 0.25) is 0 Å². The number of aromatic nitrogens is 3.